The summed E-state index contributed by atoms with van der Waals surface area (Å²) in [6.45, 7) is 3.58. The van der Waals surface area contributed by atoms with Crippen molar-refractivity contribution in [1.82, 2.24) is 15.2 Å². The first-order valence-electron chi connectivity index (χ1n) is 7.16. The summed E-state index contributed by atoms with van der Waals surface area (Å²) >= 11 is 1.28. The average Bonchev–Trinajstić information content (AvgIpc) is 2.81. The Labute approximate surface area is 129 Å². The van der Waals surface area contributed by atoms with E-state index in [1.807, 2.05) is 0 Å². The van der Waals surface area contributed by atoms with Crippen molar-refractivity contribution in [3.63, 3.8) is 0 Å². The minimum Gasteiger partial charge on any atom is -0.382 e. The van der Waals surface area contributed by atoms with Crippen LogP contribution in [0.1, 0.15) is 44.4 Å². The molecule has 0 spiro atoms. The fourth-order valence-corrected chi connectivity index (χ4v) is 3.05. The minimum atomic E-state index is -0.165. The highest BCUT2D eigenvalue weighted by atomic mass is 32.1. The minimum absolute atomic E-state index is 0.120. The van der Waals surface area contributed by atoms with Gasteiger partial charge in [-0.3, -0.25) is 9.59 Å². The number of allylic oxidation sites excluding steroid dienone is 2. The highest BCUT2D eigenvalue weighted by molar-refractivity contribution is 7.14. The van der Waals surface area contributed by atoms with Crippen LogP contribution in [0.4, 0.5) is 0 Å². The molecule has 0 radical (unpaired) electrons. The van der Waals surface area contributed by atoms with E-state index in [-0.39, 0.29) is 11.6 Å². The summed E-state index contributed by atoms with van der Waals surface area (Å²) in [4.78, 5) is 31.0. The smallest absolute Gasteiger partial charge is 0.228 e. The molecule has 0 aliphatic heterocycles. The van der Waals surface area contributed by atoms with Gasteiger partial charge in [0.2, 0.25) is 5.78 Å². The van der Waals surface area contributed by atoms with Crippen molar-refractivity contribution in [3.05, 3.63) is 27.4 Å². The molecular weight excluding hydrogens is 286 g/mol. The Balaban J connectivity index is 1.84. The van der Waals surface area contributed by atoms with Crippen LogP contribution < -0.4 is 5.32 Å². The number of thiazole rings is 1. The van der Waals surface area contributed by atoms with Gasteiger partial charge in [0.25, 0.3) is 0 Å². The van der Waals surface area contributed by atoms with Gasteiger partial charge in [0.15, 0.2) is 5.78 Å². The van der Waals surface area contributed by atoms with Crippen LogP contribution in [0.5, 0.6) is 0 Å². The Morgan fingerprint density at radius 1 is 1.24 bits per heavy atom. The Morgan fingerprint density at radius 3 is 2.71 bits per heavy atom. The number of aryl methyl sites for hydroxylation is 1. The van der Waals surface area contributed by atoms with Gasteiger partial charge in [-0.15, -0.1) is 11.3 Å². The summed E-state index contributed by atoms with van der Waals surface area (Å²) < 4.78 is 0. The number of aromatic nitrogens is 1. The van der Waals surface area contributed by atoms with E-state index in [0.717, 1.165) is 30.8 Å². The number of unbranched alkanes of at least 4 members (excludes halogenated alkanes) is 2. The van der Waals surface area contributed by atoms with Crippen LogP contribution in [0.3, 0.4) is 0 Å². The number of Topliss-reactive ketones (excluding diaryl/α,β-unsaturated/α-hetero) is 1. The number of hydrogen-bond acceptors (Lipinski definition) is 6. The summed E-state index contributed by atoms with van der Waals surface area (Å²) in [6.07, 6.45) is 4.62. The maximum Gasteiger partial charge on any atom is 0.228 e. The highest BCUT2D eigenvalue weighted by Gasteiger charge is 2.29. The molecule has 1 N–H and O–H groups in total. The number of ketones is 2. The van der Waals surface area contributed by atoms with Gasteiger partial charge >= 0.3 is 0 Å². The SMILES string of the molecule is Cc1nc2c(s1)C(=O)C=C(NCCCCCN(C)C)C2=O. The Hall–Kier alpha value is -1.53. The molecule has 0 saturated heterocycles. The van der Waals surface area contributed by atoms with Crippen LogP contribution in [0.25, 0.3) is 0 Å². The van der Waals surface area contributed by atoms with E-state index < -0.39 is 0 Å². The van der Waals surface area contributed by atoms with Crippen molar-refractivity contribution < 1.29 is 9.59 Å². The number of nitrogens with zero attached hydrogens (tertiary/aromatic N) is 2. The van der Waals surface area contributed by atoms with Crippen LogP contribution in [-0.4, -0.2) is 48.6 Å². The lowest BCUT2D eigenvalue weighted by molar-refractivity contribution is 0.0977. The molecule has 1 aliphatic carbocycles. The van der Waals surface area contributed by atoms with Gasteiger partial charge in [0, 0.05) is 12.6 Å². The molecule has 1 aromatic heterocycles. The fraction of sp³-hybridized carbons (Fsp3) is 0.533. The zero-order valence-corrected chi connectivity index (χ0v) is 13.5. The third kappa shape index (κ3) is 3.98. The summed E-state index contributed by atoms with van der Waals surface area (Å²) in [5, 5.41) is 3.83. The predicted octanol–water partition coefficient (Wildman–Crippen LogP) is 2.04. The molecule has 0 bridgehead atoms. The van der Waals surface area contributed by atoms with Crippen LogP contribution in [0.2, 0.25) is 0 Å². The normalized spacial score (nSPS) is 14.4. The van der Waals surface area contributed by atoms with E-state index in [1.165, 1.54) is 17.4 Å². The molecule has 1 aromatic rings. The quantitative estimate of drug-likeness (QED) is 0.781. The number of hydrogen-bond donors (Lipinski definition) is 1. The highest BCUT2D eigenvalue weighted by Crippen LogP contribution is 2.25. The lowest BCUT2D eigenvalue weighted by atomic mass is 10.0. The molecule has 6 heteroatoms. The van der Waals surface area contributed by atoms with Gasteiger partial charge < -0.3 is 10.2 Å². The standard InChI is InChI=1S/C15H21N3O2S/c1-10-17-13-14(20)11(9-12(19)15(13)21-10)16-7-5-4-6-8-18(2)3/h9,16H,4-8H2,1-3H3. The molecular formula is C15H21N3O2S. The van der Waals surface area contributed by atoms with Crippen molar-refractivity contribution in [2.75, 3.05) is 27.2 Å². The average molecular weight is 307 g/mol. The van der Waals surface area contributed by atoms with E-state index in [2.05, 4.69) is 29.3 Å². The third-order valence-electron chi connectivity index (χ3n) is 3.29. The van der Waals surface area contributed by atoms with Crippen molar-refractivity contribution >= 4 is 22.9 Å². The molecule has 114 valence electrons. The van der Waals surface area contributed by atoms with Crippen LogP contribution in [0.15, 0.2) is 11.8 Å². The Morgan fingerprint density at radius 2 is 2.00 bits per heavy atom. The second kappa shape index (κ2) is 6.95. The summed E-state index contributed by atoms with van der Waals surface area (Å²) in [5.74, 6) is -0.285. The van der Waals surface area contributed by atoms with Crippen molar-refractivity contribution in [2.24, 2.45) is 0 Å². The maximum absolute atomic E-state index is 12.2. The monoisotopic (exact) mass is 307 g/mol. The topological polar surface area (TPSA) is 62.3 Å². The summed E-state index contributed by atoms with van der Waals surface area (Å²) in [6, 6.07) is 0. The molecule has 0 fully saturated rings. The second-order valence-corrected chi connectivity index (χ2v) is 6.66. The molecule has 0 unspecified atom stereocenters. The number of nitrogens with one attached hydrogen (secondary N) is 1. The fourth-order valence-electron chi connectivity index (χ4n) is 2.22. The Kier molecular flexibility index (Phi) is 5.25. The van der Waals surface area contributed by atoms with Gasteiger partial charge in [0.1, 0.15) is 10.6 Å². The van der Waals surface area contributed by atoms with Crippen molar-refractivity contribution in [1.29, 1.82) is 0 Å². The summed E-state index contributed by atoms with van der Waals surface area (Å²) in [7, 11) is 4.12. The molecule has 2 rings (SSSR count). The molecule has 0 amide bonds. The van der Waals surface area contributed by atoms with E-state index in [0.29, 0.717) is 22.8 Å². The first kappa shape index (κ1) is 15.9. The number of carbonyl (C=O) groups excluding carboxylic acids is 2. The molecule has 1 heterocycles. The zero-order valence-electron chi connectivity index (χ0n) is 12.7. The molecule has 21 heavy (non-hydrogen) atoms. The van der Waals surface area contributed by atoms with Crippen LogP contribution in [-0.2, 0) is 0 Å². The van der Waals surface area contributed by atoms with E-state index >= 15 is 0 Å². The van der Waals surface area contributed by atoms with Gasteiger partial charge in [-0.05, 0) is 40.4 Å². The number of rotatable bonds is 7. The first-order valence-corrected chi connectivity index (χ1v) is 7.97. The molecule has 5 nitrogen and oxygen atoms in total. The molecule has 1 aliphatic rings. The summed E-state index contributed by atoms with van der Waals surface area (Å²) in [5.41, 5.74) is 0.686. The van der Waals surface area contributed by atoms with Gasteiger partial charge in [-0.1, -0.05) is 6.42 Å². The predicted molar refractivity (Wildman–Crippen MR) is 84.0 cm³/mol. The largest absolute Gasteiger partial charge is 0.382 e. The van der Waals surface area contributed by atoms with E-state index in [1.54, 1.807) is 6.92 Å². The van der Waals surface area contributed by atoms with Gasteiger partial charge in [-0.25, -0.2) is 4.98 Å². The van der Waals surface area contributed by atoms with E-state index in [9.17, 15) is 9.59 Å². The lowest BCUT2D eigenvalue weighted by Gasteiger charge is -2.13. The number of carbonyl (C=O) groups is 2. The lowest BCUT2D eigenvalue weighted by Crippen LogP contribution is -2.27. The van der Waals surface area contributed by atoms with Gasteiger partial charge in [0.05, 0.1) is 10.7 Å². The van der Waals surface area contributed by atoms with Crippen LogP contribution in [0, 0.1) is 6.92 Å². The van der Waals surface area contributed by atoms with Crippen molar-refractivity contribution in [2.45, 2.75) is 26.2 Å². The third-order valence-corrected chi connectivity index (χ3v) is 4.28. The molecule has 0 atom stereocenters. The maximum atomic E-state index is 12.2. The van der Waals surface area contributed by atoms with Crippen molar-refractivity contribution in [3.8, 4) is 0 Å². The first-order chi connectivity index (χ1) is 9.99. The second-order valence-electron chi connectivity index (χ2n) is 5.45. The van der Waals surface area contributed by atoms with Crippen LogP contribution >= 0.6 is 11.3 Å². The van der Waals surface area contributed by atoms with Gasteiger partial charge in [-0.2, -0.15) is 0 Å². The molecule has 0 aromatic carbocycles. The number of fused-ring (bicyclic) bond motifs is 1. The Bertz CT molecular complexity index is 575. The zero-order chi connectivity index (χ0) is 15.4. The molecule has 0 saturated carbocycles. The van der Waals surface area contributed by atoms with E-state index in [4.69, 9.17) is 0 Å².